The van der Waals surface area contributed by atoms with E-state index in [1.54, 1.807) is 36.4 Å². The van der Waals surface area contributed by atoms with E-state index >= 15 is 0 Å². The second-order valence-corrected chi connectivity index (χ2v) is 7.52. The topological polar surface area (TPSA) is 74.6 Å². The first-order chi connectivity index (χ1) is 14.4. The molecule has 0 spiro atoms. The number of thiophene rings is 1. The van der Waals surface area contributed by atoms with Crippen LogP contribution in [0.3, 0.4) is 0 Å². The van der Waals surface area contributed by atoms with Gasteiger partial charge in [0.25, 0.3) is 0 Å². The van der Waals surface area contributed by atoms with Crippen molar-refractivity contribution in [2.75, 3.05) is 13.7 Å². The van der Waals surface area contributed by atoms with Crippen LogP contribution in [0, 0.1) is 13.8 Å². The largest absolute Gasteiger partial charge is 0.465 e. The van der Waals surface area contributed by atoms with E-state index in [1.807, 2.05) is 35.9 Å². The van der Waals surface area contributed by atoms with E-state index in [2.05, 4.69) is 0 Å². The van der Waals surface area contributed by atoms with E-state index in [9.17, 15) is 14.4 Å². The molecule has 7 heteroatoms. The number of methoxy groups -OCH3 is 1. The summed E-state index contributed by atoms with van der Waals surface area (Å²) < 4.78 is 11.7. The van der Waals surface area contributed by atoms with Gasteiger partial charge < -0.3 is 14.0 Å². The Morgan fingerprint density at radius 1 is 1.10 bits per heavy atom. The average molecular weight is 423 g/mol. The molecule has 0 aliphatic rings. The number of nitrogens with zero attached hydrogens (tertiary/aromatic N) is 1. The van der Waals surface area contributed by atoms with Crippen molar-refractivity contribution in [3.63, 3.8) is 0 Å². The van der Waals surface area contributed by atoms with Crippen molar-refractivity contribution in [3.8, 4) is 5.69 Å². The van der Waals surface area contributed by atoms with Gasteiger partial charge in [0.15, 0.2) is 6.61 Å². The molecule has 0 aliphatic heterocycles. The first-order valence-electron chi connectivity index (χ1n) is 9.20. The number of ketones is 1. The van der Waals surface area contributed by atoms with E-state index < -0.39 is 11.9 Å². The van der Waals surface area contributed by atoms with Gasteiger partial charge in [0.05, 0.1) is 12.7 Å². The van der Waals surface area contributed by atoms with Crippen LogP contribution in [0.15, 0.2) is 53.9 Å². The van der Waals surface area contributed by atoms with Crippen LogP contribution >= 0.6 is 11.3 Å². The van der Waals surface area contributed by atoms with Crippen molar-refractivity contribution in [2.45, 2.75) is 13.8 Å². The molecule has 2 heterocycles. The van der Waals surface area contributed by atoms with Gasteiger partial charge in [-0.25, -0.2) is 9.59 Å². The van der Waals surface area contributed by atoms with Crippen molar-refractivity contribution in [3.05, 3.63) is 81.3 Å². The fourth-order valence-corrected chi connectivity index (χ4v) is 3.72. The van der Waals surface area contributed by atoms with Gasteiger partial charge in [0.2, 0.25) is 5.78 Å². The fourth-order valence-electron chi connectivity index (χ4n) is 3.11. The summed E-state index contributed by atoms with van der Waals surface area (Å²) in [4.78, 5) is 37.0. The van der Waals surface area contributed by atoms with Gasteiger partial charge in [-0.05, 0) is 61.7 Å². The highest BCUT2D eigenvalue weighted by Crippen LogP contribution is 2.22. The minimum atomic E-state index is -0.566. The number of aryl methyl sites for hydroxylation is 1. The third kappa shape index (κ3) is 4.75. The third-order valence-corrected chi connectivity index (χ3v) is 5.39. The first-order valence-corrected chi connectivity index (χ1v) is 10.1. The minimum Gasteiger partial charge on any atom is -0.465 e. The number of rotatable bonds is 7. The number of esters is 2. The molecule has 0 amide bonds. The number of aromatic nitrogens is 1. The molecule has 1 aromatic carbocycles. The molecule has 3 rings (SSSR count). The molecule has 3 aromatic rings. The van der Waals surface area contributed by atoms with Crippen molar-refractivity contribution >= 4 is 35.1 Å². The van der Waals surface area contributed by atoms with E-state index in [4.69, 9.17) is 9.47 Å². The summed E-state index contributed by atoms with van der Waals surface area (Å²) in [5.74, 6) is -1.25. The Labute approximate surface area is 178 Å². The summed E-state index contributed by atoms with van der Waals surface area (Å²) in [6, 6.07) is 12.4. The number of carbonyl (C=O) groups excluding carboxylic acids is 3. The summed E-state index contributed by atoms with van der Waals surface area (Å²) in [5.41, 5.74) is 3.33. The van der Waals surface area contributed by atoms with Crippen molar-refractivity contribution < 1.29 is 23.9 Å². The number of hydrogen-bond acceptors (Lipinski definition) is 6. The lowest BCUT2D eigenvalue weighted by molar-refractivity contribution is -0.136. The van der Waals surface area contributed by atoms with Gasteiger partial charge in [-0.1, -0.05) is 6.07 Å². The molecule has 0 saturated heterocycles. The molecular formula is C23H21NO5S. The lowest BCUT2D eigenvalue weighted by Gasteiger charge is -2.10. The predicted octanol–water partition coefficient (Wildman–Crippen LogP) is 4.38. The molecule has 0 radical (unpaired) electrons. The maximum Gasteiger partial charge on any atom is 0.337 e. The van der Waals surface area contributed by atoms with Crippen LogP contribution in [0.1, 0.15) is 37.0 Å². The predicted molar refractivity (Wildman–Crippen MR) is 115 cm³/mol. The molecule has 0 fully saturated rings. The van der Waals surface area contributed by atoms with Crippen LogP contribution in [0.2, 0.25) is 0 Å². The maximum atomic E-state index is 12.6. The summed E-state index contributed by atoms with van der Waals surface area (Å²) in [5, 5.41) is 1.91. The molecule has 0 saturated carbocycles. The number of hydrogen-bond donors (Lipinski definition) is 0. The highest BCUT2D eigenvalue weighted by molar-refractivity contribution is 7.10. The molecule has 0 atom stereocenters. The molecule has 0 unspecified atom stereocenters. The Morgan fingerprint density at radius 2 is 1.83 bits per heavy atom. The lowest BCUT2D eigenvalue weighted by Crippen LogP contribution is -2.13. The molecule has 6 nitrogen and oxygen atoms in total. The Kier molecular flexibility index (Phi) is 6.64. The smallest absolute Gasteiger partial charge is 0.337 e. The van der Waals surface area contributed by atoms with Crippen LogP contribution in [-0.4, -0.2) is 36.0 Å². The number of benzene rings is 1. The lowest BCUT2D eigenvalue weighted by atomic mass is 10.1. The fraction of sp³-hybridized carbons (Fsp3) is 0.174. The number of Topliss-reactive ketones (excluding diaryl/α,β-unsaturated/α-hetero) is 1. The van der Waals surface area contributed by atoms with E-state index in [0.717, 1.165) is 22.0 Å². The minimum absolute atomic E-state index is 0.279. The van der Waals surface area contributed by atoms with Crippen molar-refractivity contribution in [1.82, 2.24) is 4.57 Å². The second-order valence-electron chi connectivity index (χ2n) is 6.54. The molecular weight excluding hydrogens is 402 g/mol. The van der Waals surface area contributed by atoms with Crippen molar-refractivity contribution in [1.29, 1.82) is 0 Å². The van der Waals surface area contributed by atoms with E-state index in [-0.39, 0.29) is 12.4 Å². The van der Waals surface area contributed by atoms with Crippen LogP contribution < -0.4 is 0 Å². The number of carbonyl (C=O) groups is 3. The van der Waals surface area contributed by atoms with E-state index in [1.165, 1.54) is 24.5 Å². The summed E-state index contributed by atoms with van der Waals surface area (Å²) in [7, 11) is 1.33. The zero-order chi connectivity index (χ0) is 21.7. The van der Waals surface area contributed by atoms with Gasteiger partial charge in [-0.3, -0.25) is 4.79 Å². The van der Waals surface area contributed by atoms with Gasteiger partial charge in [-0.15, -0.1) is 11.3 Å². The third-order valence-electron chi connectivity index (χ3n) is 4.55. The maximum absolute atomic E-state index is 12.6. The second kappa shape index (κ2) is 9.37. The quantitative estimate of drug-likeness (QED) is 0.320. The monoisotopic (exact) mass is 423 g/mol. The van der Waals surface area contributed by atoms with Crippen LogP contribution in [0.25, 0.3) is 11.8 Å². The highest BCUT2D eigenvalue weighted by Gasteiger charge is 2.18. The Balaban J connectivity index is 1.70. The van der Waals surface area contributed by atoms with Gasteiger partial charge in [0.1, 0.15) is 0 Å². The summed E-state index contributed by atoms with van der Waals surface area (Å²) in [6.45, 7) is 3.37. The standard InChI is InChI=1S/C23H21NO5S/c1-15-13-20(21(25)14-29-22(26)11-10-19-5-4-12-30-19)16(2)24(15)18-8-6-17(7-9-18)23(27)28-3/h4-13H,14H2,1-3H3. The molecule has 154 valence electrons. The Hall–Kier alpha value is -3.45. The zero-order valence-electron chi connectivity index (χ0n) is 16.9. The van der Waals surface area contributed by atoms with Crippen LogP contribution in [-0.2, 0) is 14.3 Å². The normalized spacial score (nSPS) is 10.9. The average Bonchev–Trinajstić information content (AvgIpc) is 3.37. The Morgan fingerprint density at radius 3 is 2.47 bits per heavy atom. The van der Waals surface area contributed by atoms with Gasteiger partial charge in [0, 0.05) is 33.6 Å². The van der Waals surface area contributed by atoms with Crippen molar-refractivity contribution in [2.24, 2.45) is 0 Å². The SMILES string of the molecule is COC(=O)c1ccc(-n2c(C)cc(C(=O)COC(=O)C=Cc3cccs3)c2C)cc1. The Bertz CT molecular complexity index is 1090. The summed E-state index contributed by atoms with van der Waals surface area (Å²) in [6.07, 6.45) is 2.96. The number of ether oxygens (including phenoxy) is 2. The highest BCUT2D eigenvalue weighted by atomic mass is 32.1. The summed E-state index contributed by atoms with van der Waals surface area (Å²) >= 11 is 1.50. The zero-order valence-corrected chi connectivity index (χ0v) is 17.7. The molecule has 0 N–H and O–H groups in total. The molecule has 2 aromatic heterocycles. The van der Waals surface area contributed by atoms with E-state index in [0.29, 0.717) is 11.1 Å². The molecule has 0 bridgehead atoms. The van der Waals surface area contributed by atoms with Crippen LogP contribution in [0.4, 0.5) is 0 Å². The van der Waals surface area contributed by atoms with Gasteiger partial charge >= 0.3 is 11.9 Å². The molecule has 30 heavy (non-hydrogen) atoms. The van der Waals surface area contributed by atoms with Crippen LogP contribution in [0.5, 0.6) is 0 Å². The van der Waals surface area contributed by atoms with Gasteiger partial charge in [-0.2, -0.15) is 0 Å². The molecule has 0 aliphatic carbocycles. The first kappa shape index (κ1) is 21.3.